The van der Waals surface area contributed by atoms with Crippen LogP contribution in [0.15, 0.2) is 78.9 Å². The van der Waals surface area contributed by atoms with Crippen LogP contribution in [0.3, 0.4) is 0 Å². The minimum atomic E-state index is 0. The molecule has 0 amide bonds. The highest BCUT2D eigenvalue weighted by Crippen LogP contribution is 2.26. The molecule has 164 valence electrons. The molecule has 0 radical (unpaired) electrons. The topological polar surface area (TPSA) is 44.3 Å². The Morgan fingerprint density at radius 1 is 0.750 bits per heavy atom. The van der Waals surface area contributed by atoms with Gasteiger partial charge >= 0.3 is 0 Å². The summed E-state index contributed by atoms with van der Waals surface area (Å²) in [5, 5.41) is 5.33. The molecule has 1 aromatic heterocycles. The van der Waals surface area contributed by atoms with Crippen LogP contribution in [0.25, 0.3) is 10.9 Å². The van der Waals surface area contributed by atoms with Gasteiger partial charge in [0.25, 0.3) is 0 Å². The van der Waals surface area contributed by atoms with E-state index in [9.17, 15) is 0 Å². The quantitative estimate of drug-likeness (QED) is 0.412. The summed E-state index contributed by atoms with van der Waals surface area (Å²) in [6.45, 7) is 4.32. The Balaban J connectivity index is 0.00000245. The molecule has 32 heavy (non-hydrogen) atoms. The van der Waals surface area contributed by atoms with Gasteiger partial charge in [0.05, 0.1) is 5.52 Å². The van der Waals surface area contributed by atoms with E-state index in [0.29, 0.717) is 0 Å². The molecule has 0 aliphatic carbocycles. The summed E-state index contributed by atoms with van der Waals surface area (Å²) in [6, 6.07) is 26.6. The molecule has 7 heteroatoms. The molecule has 4 aromatic rings. The lowest BCUT2D eigenvalue weighted by atomic mass is 10.2. The second-order valence-corrected chi connectivity index (χ2v) is 8.12. The van der Waals surface area contributed by atoms with Gasteiger partial charge in [0.15, 0.2) is 0 Å². The molecular weight excluding hydrogens is 441 g/mol. The van der Waals surface area contributed by atoms with Crippen molar-refractivity contribution < 1.29 is 0 Å². The first-order valence-corrected chi connectivity index (χ1v) is 10.9. The van der Waals surface area contributed by atoms with Crippen LogP contribution < -0.4 is 15.1 Å². The van der Waals surface area contributed by atoms with E-state index >= 15 is 0 Å². The Bertz CT molecular complexity index is 1160. The number of rotatable bonds is 5. The minimum absolute atomic E-state index is 0. The average molecular weight is 466 g/mol. The smallest absolute Gasteiger partial charge is 0.228 e. The maximum absolute atomic E-state index is 6.03. The molecule has 3 aromatic carbocycles. The normalized spacial score (nSPS) is 13.7. The summed E-state index contributed by atoms with van der Waals surface area (Å²) in [6.07, 6.45) is 0. The van der Waals surface area contributed by atoms with Gasteiger partial charge in [-0.15, -0.1) is 12.4 Å². The first-order valence-electron chi connectivity index (χ1n) is 10.6. The van der Waals surface area contributed by atoms with Gasteiger partial charge in [0.2, 0.25) is 5.95 Å². The highest BCUT2D eigenvalue weighted by atomic mass is 35.5. The Kier molecular flexibility index (Phi) is 6.98. The van der Waals surface area contributed by atoms with Crippen LogP contribution in [0.4, 0.5) is 17.5 Å². The van der Waals surface area contributed by atoms with Gasteiger partial charge in [0.1, 0.15) is 5.82 Å². The maximum atomic E-state index is 6.03. The second-order valence-electron chi connectivity index (χ2n) is 7.68. The van der Waals surface area contributed by atoms with Crippen LogP contribution in [-0.4, -0.2) is 36.1 Å². The van der Waals surface area contributed by atoms with Gasteiger partial charge < -0.3 is 15.1 Å². The number of nitrogens with zero attached hydrogens (tertiary/aromatic N) is 4. The van der Waals surface area contributed by atoms with Crippen molar-refractivity contribution in [3.05, 3.63) is 89.4 Å². The molecule has 5 rings (SSSR count). The lowest BCUT2D eigenvalue weighted by molar-refractivity contribution is 0.641. The summed E-state index contributed by atoms with van der Waals surface area (Å²) < 4.78 is 0. The zero-order valence-electron chi connectivity index (χ0n) is 17.6. The third-order valence-electron chi connectivity index (χ3n) is 5.65. The van der Waals surface area contributed by atoms with E-state index in [1.165, 1.54) is 11.3 Å². The SMILES string of the molecule is Cl.Clc1ccc(N2CCN(c3nc(NCc4ccccc4)c4ccccc4n3)CC2)cc1. The molecule has 0 bridgehead atoms. The Morgan fingerprint density at radius 3 is 2.16 bits per heavy atom. The Morgan fingerprint density at radius 2 is 1.41 bits per heavy atom. The average Bonchev–Trinajstić information content (AvgIpc) is 2.83. The summed E-state index contributed by atoms with van der Waals surface area (Å²) >= 11 is 6.03. The number of hydrogen-bond acceptors (Lipinski definition) is 5. The van der Waals surface area contributed by atoms with E-state index < -0.39 is 0 Å². The number of piperazine rings is 1. The Hall–Kier alpha value is -3.02. The molecule has 1 fully saturated rings. The zero-order chi connectivity index (χ0) is 21.0. The highest BCUT2D eigenvalue weighted by molar-refractivity contribution is 6.30. The number of anilines is 3. The first kappa shape index (κ1) is 22.2. The van der Waals surface area contributed by atoms with Crippen molar-refractivity contribution in [3.63, 3.8) is 0 Å². The van der Waals surface area contributed by atoms with E-state index in [4.69, 9.17) is 21.6 Å². The summed E-state index contributed by atoms with van der Waals surface area (Å²) in [7, 11) is 0. The molecule has 0 unspecified atom stereocenters. The predicted octanol–water partition coefficient (Wildman–Crippen LogP) is 5.64. The molecule has 1 aliphatic rings. The maximum Gasteiger partial charge on any atom is 0.228 e. The van der Waals surface area contributed by atoms with Gasteiger partial charge in [-0.2, -0.15) is 4.98 Å². The molecule has 1 aliphatic heterocycles. The number of aromatic nitrogens is 2. The third kappa shape index (κ3) is 4.90. The summed E-state index contributed by atoms with van der Waals surface area (Å²) in [4.78, 5) is 14.4. The van der Waals surface area contributed by atoms with Gasteiger partial charge in [-0.3, -0.25) is 0 Å². The lowest BCUT2D eigenvalue weighted by Crippen LogP contribution is -2.47. The number of nitrogens with one attached hydrogen (secondary N) is 1. The molecule has 5 nitrogen and oxygen atoms in total. The largest absolute Gasteiger partial charge is 0.368 e. The number of fused-ring (bicyclic) bond motifs is 1. The van der Waals surface area contributed by atoms with E-state index in [1.54, 1.807) is 0 Å². The van der Waals surface area contributed by atoms with Crippen LogP contribution in [0.1, 0.15) is 5.56 Å². The van der Waals surface area contributed by atoms with E-state index in [-0.39, 0.29) is 12.4 Å². The molecule has 1 saturated heterocycles. The predicted molar refractivity (Wildman–Crippen MR) is 136 cm³/mol. The second kappa shape index (κ2) is 10.1. The number of hydrogen-bond donors (Lipinski definition) is 1. The molecule has 0 saturated carbocycles. The fourth-order valence-electron chi connectivity index (χ4n) is 3.94. The number of benzene rings is 3. The lowest BCUT2D eigenvalue weighted by Gasteiger charge is -2.36. The molecular formula is C25H25Cl2N5. The van der Waals surface area contributed by atoms with E-state index in [2.05, 4.69) is 63.6 Å². The fourth-order valence-corrected chi connectivity index (χ4v) is 4.06. The van der Waals surface area contributed by atoms with Crippen molar-refractivity contribution >= 4 is 52.4 Å². The van der Waals surface area contributed by atoms with Crippen molar-refractivity contribution in [1.29, 1.82) is 0 Å². The molecule has 2 heterocycles. The summed E-state index contributed by atoms with van der Waals surface area (Å²) in [5.41, 5.74) is 3.39. The molecule has 1 N–H and O–H groups in total. The fraction of sp³-hybridized carbons (Fsp3) is 0.200. The first-order chi connectivity index (χ1) is 15.3. The molecule has 0 atom stereocenters. The van der Waals surface area contributed by atoms with Crippen molar-refractivity contribution in [1.82, 2.24) is 9.97 Å². The minimum Gasteiger partial charge on any atom is -0.368 e. The van der Waals surface area contributed by atoms with Crippen molar-refractivity contribution in [2.24, 2.45) is 0 Å². The van der Waals surface area contributed by atoms with Crippen molar-refractivity contribution in [3.8, 4) is 0 Å². The van der Waals surface area contributed by atoms with Crippen LogP contribution in [0, 0.1) is 0 Å². The van der Waals surface area contributed by atoms with Gasteiger partial charge in [-0.05, 0) is 42.0 Å². The van der Waals surface area contributed by atoms with Gasteiger partial charge in [0, 0.05) is 48.8 Å². The van der Waals surface area contributed by atoms with Crippen molar-refractivity contribution in [2.75, 3.05) is 41.3 Å². The molecule has 0 spiro atoms. The number of para-hydroxylation sites is 1. The number of halogens is 2. The van der Waals surface area contributed by atoms with E-state index in [1.807, 2.05) is 30.3 Å². The Labute approximate surface area is 199 Å². The highest BCUT2D eigenvalue weighted by Gasteiger charge is 2.20. The van der Waals surface area contributed by atoms with Crippen molar-refractivity contribution in [2.45, 2.75) is 6.54 Å². The van der Waals surface area contributed by atoms with Crippen LogP contribution in [-0.2, 0) is 6.54 Å². The van der Waals surface area contributed by atoms with Crippen LogP contribution in [0.2, 0.25) is 5.02 Å². The monoisotopic (exact) mass is 465 g/mol. The van der Waals surface area contributed by atoms with E-state index in [0.717, 1.165) is 60.4 Å². The standard InChI is InChI=1S/C25H24ClN5.ClH/c26-20-10-12-21(13-11-20)30-14-16-31(17-15-30)25-28-23-9-5-4-8-22(23)24(29-25)27-18-19-6-2-1-3-7-19;/h1-13H,14-18H2,(H,27,28,29);1H. The van der Waals surface area contributed by atoms with Crippen LogP contribution in [0.5, 0.6) is 0 Å². The van der Waals surface area contributed by atoms with Crippen LogP contribution >= 0.6 is 24.0 Å². The third-order valence-corrected chi connectivity index (χ3v) is 5.90. The zero-order valence-corrected chi connectivity index (χ0v) is 19.2. The van der Waals surface area contributed by atoms with Gasteiger partial charge in [-0.1, -0.05) is 54.1 Å². The van der Waals surface area contributed by atoms with Gasteiger partial charge in [-0.25, -0.2) is 4.98 Å². The summed E-state index contributed by atoms with van der Waals surface area (Å²) in [5.74, 6) is 1.66.